The zero-order chi connectivity index (χ0) is 19.0. The highest BCUT2D eigenvalue weighted by Gasteiger charge is 2.24. The lowest BCUT2D eigenvalue weighted by molar-refractivity contribution is 0.182. The summed E-state index contributed by atoms with van der Waals surface area (Å²) in [5.74, 6) is 0.731. The van der Waals surface area contributed by atoms with Gasteiger partial charge in [0.2, 0.25) is 5.95 Å². The van der Waals surface area contributed by atoms with E-state index in [1.807, 2.05) is 19.1 Å². The van der Waals surface area contributed by atoms with Crippen LogP contribution in [0.1, 0.15) is 26.2 Å². The van der Waals surface area contributed by atoms with Crippen molar-refractivity contribution in [3.63, 3.8) is 0 Å². The fraction of sp³-hybridized carbons (Fsp3) is 0.368. The Bertz CT molecular complexity index is 1030. The molecule has 140 valence electrons. The quantitative estimate of drug-likeness (QED) is 0.644. The molecule has 0 amide bonds. The van der Waals surface area contributed by atoms with Gasteiger partial charge in [0.15, 0.2) is 0 Å². The molecule has 4 rings (SSSR count). The molecule has 8 nitrogen and oxygen atoms in total. The van der Waals surface area contributed by atoms with Crippen molar-refractivity contribution in [2.24, 2.45) is 0 Å². The Morgan fingerprint density at radius 3 is 2.78 bits per heavy atom. The molecule has 8 heteroatoms. The summed E-state index contributed by atoms with van der Waals surface area (Å²) in [6, 6.07) is 3.86. The average Bonchev–Trinajstić information content (AvgIpc) is 3.07. The Balaban J connectivity index is 1.87. The fourth-order valence-electron chi connectivity index (χ4n) is 3.56. The Kier molecular flexibility index (Phi) is 4.49. The Morgan fingerprint density at radius 2 is 2.11 bits per heavy atom. The molecular weight excluding hydrogens is 344 g/mol. The standard InChI is InChI=1S/C19H22N6O2/c1-2-25-6-5-11-7-15(12-9-21-19(20)22-10-12)24-17(16(11)18(25)27)23-13-3-4-14(26)8-13/h5-7,9-10,13-14,26H,2-4,8H2,1H3,(H,23,24)(H2,20,21,22). The highest BCUT2D eigenvalue weighted by Crippen LogP contribution is 2.28. The summed E-state index contributed by atoms with van der Waals surface area (Å²) in [4.78, 5) is 25.7. The highest BCUT2D eigenvalue weighted by molar-refractivity contribution is 5.93. The number of aliphatic hydroxyl groups is 1. The SMILES string of the molecule is CCn1ccc2cc(-c3cnc(N)nc3)nc(NC3CCC(O)C3)c2c1=O. The van der Waals surface area contributed by atoms with Crippen LogP contribution in [0.25, 0.3) is 22.0 Å². The molecule has 3 aromatic heterocycles. The van der Waals surface area contributed by atoms with E-state index >= 15 is 0 Å². The second kappa shape index (κ2) is 6.96. The van der Waals surface area contributed by atoms with Crippen LogP contribution in [0.5, 0.6) is 0 Å². The first-order chi connectivity index (χ1) is 13.0. The minimum absolute atomic E-state index is 0.0800. The van der Waals surface area contributed by atoms with Crippen molar-refractivity contribution in [2.75, 3.05) is 11.1 Å². The average molecular weight is 366 g/mol. The van der Waals surface area contributed by atoms with Gasteiger partial charge in [-0.1, -0.05) is 0 Å². The first kappa shape index (κ1) is 17.4. The minimum Gasteiger partial charge on any atom is -0.393 e. The molecule has 1 aliphatic rings. The molecule has 1 aliphatic carbocycles. The maximum Gasteiger partial charge on any atom is 0.262 e. The second-order valence-electron chi connectivity index (χ2n) is 6.87. The summed E-state index contributed by atoms with van der Waals surface area (Å²) in [5.41, 5.74) is 6.88. The monoisotopic (exact) mass is 366 g/mol. The van der Waals surface area contributed by atoms with E-state index in [4.69, 9.17) is 10.7 Å². The van der Waals surface area contributed by atoms with Crippen LogP contribution < -0.4 is 16.6 Å². The van der Waals surface area contributed by atoms with Gasteiger partial charge in [0.25, 0.3) is 5.56 Å². The lowest BCUT2D eigenvalue weighted by Gasteiger charge is -2.17. The molecular formula is C19H22N6O2. The van der Waals surface area contributed by atoms with Gasteiger partial charge in [-0.3, -0.25) is 4.79 Å². The number of aryl methyl sites for hydroxylation is 1. The van der Waals surface area contributed by atoms with Crippen molar-refractivity contribution in [1.82, 2.24) is 19.5 Å². The lowest BCUT2D eigenvalue weighted by Crippen LogP contribution is -2.23. The van der Waals surface area contributed by atoms with Gasteiger partial charge in [0.1, 0.15) is 5.82 Å². The normalized spacial score (nSPS) is 19.5. The van der Waals surface area contributed by atoms with Gasteiger partial charge < -0.3 is 20.7 Å². The summed E-state index contributed by atoms with van der Waals surface area (Å²) in [7, 11) is 0. The number of nitrogen functional groups attached to an aromatic ring is 1. The topological polar surface area (TPSA) is 119 Å². The van der Waals surface area contributed by atoms with Crippen LogP contribution in [0, 0.1) is 0 Å². The van der Waals surface area contributed by atoms with Crippen molar-refractivity contribution >= 4 is 22.5 Å². The van der Waals surface area contributed by atoms with Gasteiger partial charge in [-0.15, -0.1) is 0 Å². The van der Waals surface area contributed by atoms with Gasteiger partial charge >= 0.3 is 0 Å². The Morgan fingerprint density at radius 1 is 1.33 bits per heavy atom. The molecule has 1 saturated carbocycles. The zero-order valence-electron chi connectivity index (χ0n) is 15.1. The third-order valence-electron chi connectivity index (χ3n) is 5.01. The number of fused-ring (bicyclic) bond motifs is 1. The third-order valence-corrected chi connectivity index (χ3v) is 5.01. The molecule has 0 aromatic carbocycles. The van der Waals surface area contributed by atoms with E-state index in [0.29, 0.717) is 29.9 Å². The van der Waals surface area contributed by atoms with E-state index in [1.54, 1.807) is 23.2 Å². The number of anilines is 2. The predicted molar refractivity (Wildman–Crippen MR) is 104 cm³/mol. The van der Waals surface area contributed by atoms with Gasteiger partial charge in [-0.2, -0.15) is 0 Å². The molecule has 27 heavy (non-hydrogen) atoms. The van der Waals surface area contributed by atoms with Gasteiger partial charge in [-0.05, 0) is 43.7 Å². The van der Waals surface area contributed by atoms with Crippen LogP contribution in [0.4, 0.5) is 11.8 Å². The van der Waals surface area contributed by atoms with Crippen molar-refractivity contribution in [2.45, 2.75) is 44.9 Å². The van der Waals surface area contributed by atoms with E-state index in [1.165, 1.54) is 0 Å². The molecule has 1 fully saturated rings. The van der Waals surface area contributed by atoms with Crippen molar-refractivity contribution in [1.29, 1.82) is 0 Å². The molecule has 2 unspecified atom stereocenters. The van der Waals surface area contributed by atoms with Crippen LogP contribution in [0.15, 0.2) is 35.5 Å². The van der Waals surface area contributed by atoms with E-state index in [0.717, 1.165) is 23.8 Å². The summed E-state index contributed by atoms with van der Waals surface area (Å²) in [6.45, 7) is 2.52. The highest BCUT2D eigenvalue weighted by atomic mass is 16.3. The Hall–Kier alpha value is -3.00. The van der Waals surface area contributed by atoms with E-state index in [-0.39, 0.29) is 23.7 Å². The molecule has 0 aliphatic heterocycles. The van der Waals surface area contributed by atoms with Gasteiger partial charge in [0.05, 0.1) is 17.2 Å². The number of aliphatic hydroxyl groups excluding tert-OH is 1. The number of nitrogens with two attached hydrogens (primary N) is 1. The number of hydrogen-bond donors (Lipinski definition) is 3. The summed E-state index contributed by atoms with van der Waals surface area (Å²) < 4.78 is 1.66. The molecule has 0 bridgehead atoms. The maximum atomic E-state index is 12.9. The summed E-state index contributed by atoms with van der Waals surface area (Å²) in [5, 5.41) is 14.6. The summed E-state index contributed by atoms with van der Waals surface area (Å²) in [6.07, 6.45) is 6.95. The number of hydrogen-bond acceptors (Lipinski definition) is 7. The number of nitrogens with zero attached hydrogens (tertiary/aromatic N) is 4. The molecule has 0 spiro atoms. The van der Waals surface area contributed by atoms with E-state index in [9.17, 15) is 9.90 Å². The summed E-state index contributed by atoms with van der Waals surface area (Å²) >= 11 is 0. The lowest BCUT2D eigenvalue weighted by atomic mass is 10.1. The molecule has 3 aromatic rings. The van der Waals surface area contributed by atoms with Crippen molar-refractivity contribution in [3.05, 3.63) is 41.1 Å². The van der Waals surface area contributed by atoms with Gasteiger partial charge in [-0.25, -0.2) is 15.0 Å². The molecule has 3 heterocycles. The van der Waals surface area contributed by atoms with Crippen LogP contribution in [0.2, 0.25) is 0 Å². The number of rotatable bonds is 4. The first-order valence-electron chi connectivity index (χ1n) is 9.12. The first-order valence-corrected chi connectivity index (χ1v) is 9.12. The maximum absolute atomic E-state index is 12.9. The number of nitrogens with one attached hydrogen (secondary N) is 1. The fourth-order valence-corrected chi connectivity index (χ4v) is 3.56. The smallest absolute Gasteiger partial charge is 0.262 e. The van der Waals surface area contributed by atoms with Crippen LogP contribution >= 0.6 is 0 Å². The molecule has 0 radical (unpaired) electrons. The van der Waals surface area contributed by atoms with Crippen LogP contribution in [0.3, 0.4) is 0 Å². The second-order valence-corrected chi connectivity index (χ2v) is 6.87. The molecule has 2 atom stereocenters. The van der Waals surface area contributed by atoms with Crippen LogP contribution in [-0.4, -0.2) is 36.8 Å². The zero-order valence-corrected chi connectivity index (χ0v) is 15.1. The largest absolute Gasteiger partial charge is 0.393 e. The van der Waals surface area contributed by atoms with Crippen molar-refractivity contribution < 1.29 is 5.11 Å². The van der Waals surface area contributed by atoms with Gasteiger partial charge in [0, 0.05) is 36.7 Å². The third kappa shape index (κ3) is 3.35. The predicted octanol–water partition coefficient (Wildman–Crippen LogP) is 1.78. The molecule has 4 N–H and O–H groups in total. The van der Waals surface area contributed by atoms with Crippen LogP contribution in [-0.2, 0) is 6.54 Å². The van der Waals surface area contributed by atoms with E-state index < -0.39 is 0 Å². The van der Waals surface area contributed by atoms with E-state index in [2.05, 4.69) is 15.3 Å². The minimum atomic E-state index is -0.310. The number of aromatic nitrogens is 4. The molecule has 0 saturated heterocycles. The van der Waals surface area contributed by atoms with Crippen molar-refractivity contribution in [3.8, 4) is 11.3 Å². The Labute approximate surface area is 156 Å². The number of pyridine rings is 2.